The van der Waals surface area contributed by atoms with Gasteiger partial charge in [-0.15, -0.1) is 11.3 Å². The van der Waals surface area contributed by atoms with Crippen molar-refractivity contribution in [3.63, 3.8) is 0 Å². The predicted octanol–water partition coefficient (Wildman–Crippen LogP) is 2.43. The third-order valence-corrected chi connectivity index (χ3v) is 3.08. The fourth-order valence-electron chi connectivity index (χ4n) is 1.29. The van der Waals surface area contributed by atoms with E-state index in [0.29, 0.717) is 5.01 Å². The Balaban J connectivity index is 2.30. The van der Waals surface area contributed by atoms with Gasteiger partial charge < -0.3 is 5.73 Å². The number of hydrogen-bond acceptors (Lipinski definition) is 3. The second-order valence-electron chi connectivity index (χ2n) is 3.31. The molecule has 0 aliphatic carbocycles. The van der Waals surface area contributed by atoms with Crippen LogP contribution >= 0.6 is 11.3 Å². The molecule has 80 valence electrons. The summed E-state index contributed by atoms with van der Waals surface area (Å²) >= 11 is 1.29. The van der Waals surface area contributed by atoms with Crippen molar-refractivity contribution in [2.24, 2.45) is 5.73 Å². The number of halogens is 2. The van der Waals surface area contributed by atoms with Gasteiger partial charge in [-0.1, -0.05) is 12.1 Å². The number of rotatable bonds is 3. The standard InChI is InChI=1S/C10H10F2N2S/c11-10(12,6-13)5-9-14-7-3-1-2-4-8(7)15-9/h1-4H,5-6,13H2. The van der Waals surface area contributed by atoms with Crippen molar-refractivity contribution in [3.05, 3.63) is 29.3 Å². The number of aromatic nitrogens is 1. The molecule has 2 N–H and O–H groups in total. The van der Waals surface area contributed by atoms with Crippen LogP contribution in [0.3, 0.4) is 0 Å². The largest absolute Gasteiger partial charge is 0.325 e. The van der Waals surface area contributed by atoms with Crippen LogP contribution in [0.15, 0.2) is 24.3 Å². The molecule has 0 atom stereocenters. The molecule has 0 saturated carbocycles. The van der Waals surface area contributed by atoms with Crippen molar-refractivity contribution in [1.29, 1.82) is 0 Å². The summed E-state index contributed by atoms with van der Waals surface area (Å²) in [5.41, 5.74) is 5.74. The number of benzene rings is 1. The number of nitrogens with two attached hydrogens (primary N) is 1. The maximum absolute atomic E-state index is 13.0. The molecule has 1 aromatic carbocycles. The summed E-state index contributed by atoms with van der Waals surface area (Å²) < 4.78 is 26.9. The molecule has 0 unspecified atom stereocenters. The zero-order valence-corrected chi connectivity index (χ0v) is 8.73. The smallest absolute Gasteiger partial charge is 0.266 e. The quantitative estimate of drug-likeness (QED) is 0.876. The van der Waals surface area contributed by atoms with Gasteiger partial charge in [-0.05, 0) is 12.1 Å². The van der Waals surface area contributed by atoms with E-state index in [-0.39, 0.29) is 6.42 Å². The van der Waals surface area contributed by atoms with Crippen LogP contribution < -0.4 is 5.73 Å². The maximum Gasteiger partial charge on any atom is 0.266 e. The predicted molar refractivity (Wildman–Crippen MR) is 57.3 cm³/mol. The van der Waals surface area contributed by atoms with Crippen molar-refractivity contribution < 1.29 is 8.78 Å². The zero-order valence-electron chi connectivity index (χ0n) is 7.91. The van der Waals surface area contributed by atoms with E-state index in [1.165, 1.54) is 11.3 Å². The first-order valence-electron chi connectivity index (χ1n) is 4.53. The summed E-state index contributed by atoms with van der Waals surface area (Å²) in [4.78, 5) is 4.13. The molecule has 0 bridgehead atoms. The molecule has 2 rings (SSSR count). The highest BCUT2D eigenvalue weighted by Crippen LogP contribution is 2.26. The van der Waals surface area contributed by atoms with Crippen LogP contribution in [0, 0.1) is 0 Å². The third-order valence-electron chi connectivity index (χ3n) is 2.05. The van der Waals surface area contributed by atoms with Gasteiger partial charge in [0.15, 0.2) is 0 Å². The SMILES string of the molecule is NCC(F)(F)Cc1nc2ccccc2s1. The fourth-order valence-corrected chi connectivity index (χ4v) is 2.34. The Bertz CT molecular complexity index is 434. The lowest BCUT2D eigenvalue weighted by molar-refractivity contribution is 0.0115. The summed E-state index contributed by atoms with van der Waals surface area (Å²) in [6.45, 7) is -0.636. The van der Waals surface area contributed by atoms with E-state index in [0.717, 1.165) is 10.2 Å². The Morgan fingerprint density at radius 1 is 1.33 bits per heavy atom. The molecule has 2 aromatic rings. The number of thiazole rings is 1. The van der Waals surface area contributed by atoms with Crippen LogP contribution in [0.2, 0.25) is 0 Å². The number of hydrogen-bond donors (Lipinski definition) is 1. The molecular weight excluding hydrogens is 218 g/mol. The van der Waals surface area contributed by atoms with Crippen LogP contribution in [0.5, 0.6) is 0 Å². The summed E-state index contributed by atoms with van der Waals surface area (Å²) in [7, 11) is 0. The van der Waals surface area contributed by atoms with Crippen molar-refractivity contribution >= 4 is 21.6 Å². The van der Waals surface area contributed by atoms with Crippen molar-refractivity contribution in [2.75, 3.05) is 6.54 Å². The highest BCUT2D eigenvalue weighted by molar-refractivity contribution is 7.18. The van der Waals surface area contributed by atoms with Gasteiger partial charge in [0.05, 0.1) is 28.2 Å². The molecular formula is C10H10F2N2S. The lowest BCUT2D eigenvalue weighted by Gasteiger charge is -2.10. The van der Waals surface area contributed by atoms with E-state index < -0.39 is 12.5 Å². The Morgan fingerprint density at radius 2 is 2.07 bits per heavy atom. The molecule has 2 nitrogen and oxygen atoms in total. The normalized spacial score (nSPS) is 12.2. The van der Waals surface area contributed by atoms with Crippen LogP contribution in [0.1, 0.15) is 5.01 Å². The topological polar surface area (TPSA) is 38.9 Å². The highest BCUT2D eigenvalue weighted by atomic mass is 32.1. The first-order chi connectivity index (χ1) is 7.11. The van der Waals surface area contributed by atoms with Gasteiger partial charge in [0.2, 0.25) is 0 Å². The van der Waals surface area contributed by atoms with Crippen LogP contribution in [-0.4, -0.2) is 17.5 Å². The second kappa shape index (κ2) is 3.83. The van der Waals surface area contributed by atoms with Gasteiger partial charge in [0, 0.05) is 0 Å². The molecule has 1 aromatic heterocycles. The lowest BCUT2D eigenvalue weighted by Crippen LogP contribution is -2.30. The van der Waals surface area contributed by atoms with Crippen molar-refractivity contribution in [3.8, 4) is 0 Å². The van der Waals surface area contributed by atoms with Gasteiger partial charge in [0.1, 0.15) is 0 Å². The van der Waals surface area contributed by atoms with Crippen LogP contribution in [0.25, 0.3) is 10.2 Å². The summed E-state index contributed by atoms with van der Waals surface area (Å²) in [5.74, 6) is -2.85. The first-order valence-corrected chi connectivity index (χ1v) is 5.35. The molecule has 0 aliphatic rings. The van der Waals surface area contributed by atoms with E-state index in [1.54, 1.807) is 0 Å². The van der Waals surface area contributed by atoms with E-state index in [9.17, 15) is 8.78 Å². The van der Waals surface area contributed by atoms with Crippen LogP contribution in [-0.2, 0) is 6.42 Å². The van der Waals surface area contributed by atoms with Gasteiger partial charge in [0.25, 0.3) is 5.92 Å². The van der Waals surface area contributed by atoms with Gasteiger partial charge in [-0.3, -0.25) is 0 Å². The molecule has 0 amide bonds. The Kier molecular flexibility index (Phi) is 2.67. The van der Waals surface area contributed by atoms with E-state index in [1.807, 2.05) is 24.3 Å². The summed E-state index contributed by atoms with van der Waals surface area (Å²) in [6.07, 6.45) is -0.372. The number of nitrogens with zero attached hydrogens (tertiary/aromatic N) is 1. The average molecular weight is 228 g/mol. The lowest BCUT2D eigenvalue weighted by atomic mass is 10.2. The van der Waals surface area contributed by atoms with E-state index in [2.05, 4.69) is 4.98 Å². The summed E-state index contributed by atoms with van der Waals surface area (Å²) in [6, 6.07) is 7.39. The molecule has 0 radical (unpaired) electrons. The molecule has 0 fully saturated rings. The molecule has 15 heavy (non-hydrogen) atoms. The van der Waals surface area contributed by atoms with Gasteiger partial charge in [-0.2, -0.15) is 0 Å². The second-order valence-corrected chi connectivity index (χ2v) is 4.43. The highest BCUT2D eigenvalue weighted by Gasteiger charge is 2.28. The average Bonchev–Trinajstić information content (AvgIpc) is 2.58. The Hall–Kier alpha value is -1.07. The minimum absolute atomic E-state index is 0.372. The van der Waals surface area contributed by atoms with Crippen LogP contribution in [0.4, 0.5) is 8.78 Å². The zero-order chi connectivity index (χ0) is 10.9. The van der Waals surface area contributed by atoms with Gasteiger partial charge in [-0.25, -0.2) is 13.8 Å². The molecule has 0 saturated heterocycles. The Morgan fingerprint density at radius 3 is 2.73 bits per heavy atom. The van der Waals surface area contributed by atoms with Crippen molar-refractivity contribution in [1.82, 2.24) is 4.98 Å². The van der Waals surface area contributed by atoms with Crippen molar-refractivity contribution in [2.45, 2.75) is 12.3 Å². The monoisotopic (exact) mass is 228 g/mol. The minimum atomic E-state index is -2.85. The number of alkyl halides is 2. The number of fused-ring (bicyclic) bond motifs is 1. The number of para-hydroxylation sites is 1. The first kappa shape index (κ1) is 10.4. The van der Waals surface area contributed by atoms with E-state index >= 15 is 0 Å². The molecule has 0 spiro atoms. The minimum Gasteiger partial charge on any atom is -0.325 e. The Labute approximate surface area is 89.7 Å². The fraction of sp³-hybridized carbons (Fsp3) is 0.300. The van der Waals surface area contributed by atoms with E-state index in [4.69, 9.17) is 5.73 Å². The molecule has 5 heteroatoms. The summed E-state index contributed by atoms with van der Waals surface area (Å²) in [5, 5.41) is 0.437. The molecule has 0 aliphatic heterocycles. The van der Waals surface area contributed by atoms with Gasteiger partial charge >= 0.3 is 0 Å². The molecule has 1 heterocycles. The third kappa shape index (κ3) is 2.30. The maximum atomic E-state index is 13.0.